The Bertz CT molecular complexity index is 205. The maximum absolute atomic E-state index is 6.53. The van der Waals surface area contributed by atoms with Gasteiger partial charge >= 0.3 is 0 Å². The number of hydrogen-bond donors (Lipinski definition) is 1. The molecular formula is C12H23N. The van der Waals surface area contributed by atoms with Gasteiger partial charge in [0.1, 0.15) is 0 Å². The average molecular weight is 181 g/mol. The first kappa shape index (κ1) is 9.51. The molecule has 1 nitrogen and oxygen atoms in total. The third-order valence-electron chi connectivity index (χ3n) is 3.83. The molecule has 2 atom stereocenters. The molecule has 0 aliphatic heterocycles. The highest BCUT2D eigenvalue weighted by molar-refractivity contribution is 5.04. The molecule has 2 fully saturated rings. The van der Waals surface area contributed by atoms with Gasteiger partial charge in [0.2, 0.25) is 0 Å². The van der Waals surface area contributed by atoms with Crippen molar-refractivity contribution >= 4 is 0 Å². The molecule has 2 unspecified atom stereocenters. The third kappa shape index (κ3) is 1.90. The SMILES string of the molecule is CC1CC(C)(C)CC(N)(C2CC2)C1. The molecule has 2 saturated carbocycles. The minimum absolute atomic E-state index is 0.196. The smallest absolute Gasteiger partial charge is 0.0190 e. The monoisotopic (exact) mass is 181 g/mol. The van der Waals surface area contributed by atoms with E-state index in [9.17, 15) is 0 Å². The maximum atomic E-state index is 6.53. The Morgan fingerprint density at radius 1 is 1.15 bits per heavy atom. The van der Waals surface area contributed by atoms with Crippen LogP contribution < -0.4 is 5.73 Å². The fourth-order valence-electron chi connectivity index (χ4n) is 3.67. The zero-order valence-electron chi connectivity index (χ0n) is 9.27. The quantitative estimate of drug-likeness (QED) is 0.661. The summed E-state index contributed by atoms with van der Waals surface area (Å²) < 4.78 is 0. The predicted octanol–water partition coefficient (Wildman–Crippen LogP) is 2.94. The normalized spacial score (nSPS) is 44.8. The zero-order chi connectivity index (χ0) is 9.69. The van der Waals surface area contributed by atoms with Crippen LogP contribution >= 0.6 is 0 Å². The molecule has 2 rings (SSSR count). The first-order chi connectivity index (χ1) is 5.91. The van der Waals surface area contributed by atoms with E-state index in [4.69, 9.17) is 5.73 Å². The van der Waals surface area contributed by atoms with Gasteiger partial charge in [0.05, 0.1) is 0 Å². The summed E-state index contributed by atoms with van der Waals surface area (Å²) in [7, 11) is 0. The third-order valence-corrected chi connectivity index (χ3v) is 3.83. The van der Waals surface area contributed by atoms with Crippen molar-refractivity contribution in [3.8, 4) is 0 Å². The largest absolute Gasteiger partial charge is 0.325 e. The van der Waals surface area contributed by atoms with Crippen molar-refractivity contribution in [2.75, 3.05) is 0 Å². The highest BCUT2D eigenvalue weighted by atomic mass is 14.8. The molecule has 76 valence electrons. The van der Waals surface area contributed by atoms with Crippen molar-refractivity contribution < 1.29 is 0 Å². The van der Waals surface area contributed by atoms with Crippen LogP contribution in [0, 0.1) is 17.3 Å². The summed E-state index contributed by atoms with van der Waals surface area (Å²) in [6.07, 6.45) is 6.65. The van der Waals surface area contributed by atoms with Crippen LogP contribution in [0.1, 0.15) is 52.9 Å². The van der Waals surface area contributed by atoms with E-state index in [1.165, 1.54) is 32.1 Å². The predicted molar refractivity (Wildman–Crippen MR) is 56.4 cm³/mol. The number of rotatable bonds is 1. The molecule has 0 spiro atoms. The molecule has 0 heterocycles. The highest BCUT2D eigenvalue weighted by Gasteiger charge is 2.48. The second-order valence-corrected chi connectivity index (χ2v) is 6.36. The van der Waals surface area contributed by atoms with E-state index >= 15 is 0 Å². The van der Waals surface area contributed by atoms with Gasteiger partial charge in [-0.05, 0) is 49.4 Å². The molecule has 0 radical (unpaired) electrons. The maximum Gasteiger partial charge on any atom is 0.0190 e. The molecule has 0 aromatic heterocycles. The second kappa shape index (κ2) is 2.73. The molecule has 0 aromatic carbocycles. The van der Waals surface area contributed by atoms with Gasteiger partial charge in [-0.2, -0.15) is 0 Å². The lowest BCUT2D eigenvalue weighted by atomic mass is 9.63. The number of hydrogen-bond acceptors (Lipinski definition) is 1. The minimum atomic E-state index is 0.196. The van der Waals surface area contributed by atoms with Crippen molar-refractivity contribution in [2.24, 2.45) is 23.0 Å². The fourth-order valence-corrected chi connectivity index (χ4v) is 3.67. The van der Waals surface area contributed by atoms with Crippen LogP contribution in [0.15, 0.2) is 0 Å². The summed E-state index contributed by atoms with van der Waals surface area (Å²) in [5, 5.41) is 0. The Morgan fingerprint density at radius 2 is 1.77 bits per heavy atom. The van der Waals surface area contributed by atoms with Gasteiger partial charge in [-0.15, -0.1) is 0 Å². The Hall–Kier alpha value is -0.0400. The van der Waals surface area contributed by atoms with Crippen molar-refractivity contribution in [3.63, 3.8) is 0 Å². The molecule has 13 heavy (non-hydrogen) atoms. The van der Waals surface area contributed by atoms with E-state index in [1.807, 2.05) is 0 Å². The van der Waals surface area contributed by atoms with Crippen molar-refractivity contribution in [3.05, 3.63) is 0 Å². The molecule has 0 saturated heterocycles. The Labute approximate surface area is 82.1 Å². The van der Waals surface area contributed by atoms with Crippen LogP contribution in [0.3, 0.4) is 0 Å². The van der Waals surface area contributed by atoms with E-state index in [2.05, 4.69) is 20.8 Å². The van der Waals surface area contributed by atoms with Crippen molar-refractivity contribution in [1.82, 2.24) is 0 Å². The van der Waals surface area contributed by atoms with Gasteiger partial charge in [0.25, 0.3) is 0 Å². The molecule has 1 heteroatoms. The van der Waals surface area contributed by atoms with Crippen LogP contribution in [0.5, 0.6) is 0 Å². The van der Waals surface area contributed by atoms with E-state index in [1.54, 1.807) is 0 Å². The molecule has 0 bridgehead atoms. The standard InChI is InChI=1S/C12H23N/c1-9-6-11(2,3)8-12(13,7-9)10-4-5-10/h9-10H,4-8,13H2,1-3H3. The van der Waals surface area contributed by atoms with Gasteiger partial charge < -0.3 is 5.73 Å². The van der Waals surface area contributed by atoms with Crippen LogP contribution in [0.4, 0.5) is 0 Å². The average Bonchev–Trinajstić information content (AvgIpc) is 2.57. The van der Waals surface area contributed by atoms with Gasteiger partial charge in [-0.1, -0.05) is 20.8 Å². The molecule has 2 aliphatic rings. The van der Waals surface area contributed by atoms with Crippen LogP contribution in [0.25, 0.3) is 0 Å². The summed E-state index contributed by atoms with van der Waals surface area (Å²) in [4.78, 5) is 0. The van der Waals surface area contributed by atoms with Crippen molar-refractivity contribution in [2.45, 2.75) is 58.4 Å². The summed E-state index contributed by atoms with van der Waals surface area (Å²) in [5.41, 5.74) is 7.21. The molecule has 0 amide bonds. The fraction of sp³-hybridized carbons (Fsp3) is 1.00. The lowest BCUT2D eigenvalue weighted by molar-refractivity contribution is 0.0937. The van der Waals surface area contributed by atoms with Crippen LogP contribution in [-0.2, 0) is 0 Å². The zero-order valence-corrected chi connectivity index (χ0v) is 9.27. The summed E-state index contributed by atoms with van der Waals surface area (Å²) in [6, 6.07) is 0. The van der Waals surface area contributed by atoms with Gasteiger partial charge in [-0.3, -0.25) is 0 Å². The Morgan fingerprint density at radius 3 is 2.23 bits per heavy atom. The topological polar surface area (TPSA) is 26.0 Å². The van der Waals surface area contributed by atoms with E-state index in [0.717, 1.165) is 11.8 Å². The Balaban J connectivity index is 2.11. The first-order valence-corrected chi connectivity index (χ1v) is 5.70. The summed E-state index contributed by atoms with van der Waals surface area (Å²) >= 11 is 0. The van der Waals surface area contributed by atoms with E-state index in [-0.39, 0.29) is 5.54 Å². The minimum Gasteiger partial charge on any atom is -0.325 e. The van der Waals surface area contributed by atoms with Gasteiger partial charge in [0.15, 0.2) is 0 Å². The van der Waals surface area contributed by atoms with E-state index < -0.39 is 0 Å². The van der Waals surface area contributed by atoms with Crippen LogP contribution in [0.2, 0.25) is 0 Å². The molecule has 0 aromatic rings. The molecular weight excluding hydrogens is 158 g/mol. The first-order valence-electron chi connectivity index (χ1n) is 5.70. The molecule has 2 aliphatic carbocycles. The second-order valence-electron chi connectivity index (χ2n) is 6.36. The van der Waals surface area contributed by atoms with Gasteiger partial charge in [-0.25, -0.2) is 0 Å². The Kier molecular flexibility index (Phi) is 1.99. The van der Waals surface area contributed by atoms with Crippen LogP contribution in [-0.4, -0.2) is 5.54 Å². The molecule has 2 N–H and O–H groups in total. The lowest BCUT2D eigenvalue weighted by Gasteiger charge is -2.46. The summed E-state index contributed by atoms with van der Waals surface area (Å²) in [6.45, 7) is 7.13. The highest BCUT2D eigenvalue weighted by Crippen LogP contribution is 2.52. The number of nitrogens with two attached hydrogens (primary N) is 1. The van der Waals surface area contributed by atoms with E-state index in [0.29, 0.717) is 5.41 Å². The van der Waals surface area contributed by atoms with Gasteiger partial charge in [0, 0.05) is 5.54 Å². The van der Waals surface area contributed by atoms with Crippen molar-refractivity contribution in [1.29, 1.82) is 0 Å². The lowest BCUT2D eigenvalue weighted by Crippen LogP contribution is -2.50. The summed E-state index contributed by atoms with van der Waals surface area (Å²) in [5.74, 6) is 1.68.